The summed E-state index contributed by atoms with van der Waals surface area (Å²) in [6, 6.07) is 14.4. The van der Waals surface area contributed by atoms with Gasteiger partial charge in [0.15, 0.2) is 27.4 Å². The summed E-state index contributed by atoms with van der Waals surface area (Å²) in [5, 5.41) is -0.424. The molecule has 1 unspecified atom stereocenters. The van der Waals surface area contributed by atoms with E-state index in [1.54, 1.807) is 30.0 Å². The van der Waals surface area contributed by atoms with E-state index in [-0.39, 0.29) is 18.5 Å². The molecule has 7 nitrogen and oxygen atoms in total. The third-order valence-corrected chi connectivity index (χ3v) is 7.70. The molecule has 0 bridgehead atoms. The number of sulfone groups is 1. The number of hydrogen-bond donors (Lipinski definition) is 0. The van der Waals surface area contributed by atoms with Crippen LogP contribution in [0.3, 0.4) is 0 Å². The van der Waals surface area contributed by atoms with Gasteiger partial charge >= 0.3 is 0 Å². The molecule has 2 aromatic rings. The topological polar surface area (TPSA) is 82.1 Å². The second-order valence-electron chi connectivity index (χ2n) is 7.59. The van der Waals surface area contributed by atoms with Crippen molar-refractivity contribution in [2.75, 3.05) is 19.9 Å². The van der Waals surface area contributed by atoms with E-state index < -0.39 is 21.2 Å². The van der Waals surface area contributed by atoms with Crippen LogP contribution in [0.5, 0.6) is 17.2 Å². The number of likely N-dealkylation sites (tertiary alicyclic amines) is 1. The fourth-order valence-electron chi connectivity index (χ4n) is 3.82. The Bertz CT molecular complexity index is 1000. The van der Waals surface area contributed by atoms with E-state index in [9.17, 15) is 13.2 Å². The molecular weight excluding hydrogens is 406 g/mol. The first kappa shape index (κ1) is 20.5. The molecule has 30 heavy (non-hydrogen) atoms. The van der Waals surface area contributed by atoms with Gasteiger partial charge in [0.25, 0.3) is 5.91 Å². The Balaban J connectivity index is 1.31. The molecule has 1 saturated heterocycles. The van der Waals surface area contributed by atoms with Gasteiger partial charge in [-0.3, -0.25) is 4.79 Å². The second-order valence-corrected chi connectivity index (χ2v) is 9.87. The maximum Gasteiger partial charge on any atom is 0.263 e. The summed E-state index contributed by atoms with van der Waals surface area (Å²) < 4.78 is 41.9. The maximum atomic E-state index is 12.8. The van der Waals surface area contributed by atoms with Gasteiger partial charge in [0.05, 0.1) is 11.0 Å². The zero-order valence-corrected chi connectivity index (χ0v) is 17.6. The highest BCUT2D eigenvalue weighted by atomic mass is 32.2. The molecule has 0 N–H and O–H groups in total. The van der Waals surface area contributed by atoms with Crippen molar-refractivity contribution in [3.8, 4) is 17.2 Å². The van der Waals surface area contributed by atoms with Gasteiger partial charge in [-0.25, -0.2) is 8.42 Å². The van der Waals surface area contributed by atoms with Crippen LogP contribution in [-0.4, -0.2) is 50.5 Å². The van der Waals surface area contributed by atoms with Crippen molar-refractivity contribution in [3.05, 3.63) is 54.1 Å². The number of carbonyl (C=O) groups is 1. The Morgan fingerprint density at radius 3 is 2.53 bits per heavy atom. The van der Waals surface area contributed by atoms with Crippen LogP contribution in [0.4, 0.5) is 0 Å². The highest BCUT2D eigenvalue weighted by Gasteiger charge is 2.33. The van der Waals surface area contributed by atoms with Crippen molar-refractivity contribution in [2.24, 2.45) is 0 Å². The number of fused-ring (bicyclic) bond motifs is 1. The third kappa shape index (κ3) is 4.53. The summed E-state index contributed by atoms with van der Waals surface area (Å²) in [5.41, 5.74) is 0.793. The first-order chi connectivity index (χ1) is 14.4. The molecule has 0 aliphatic carbocycles. The van der Waals surface area contributed by atoms with Gasteiger partial charge in [0, 0.05) is 19.2 Å². The molecule has 0 spiro atoms. The number of piperidine rings is 1. The summed E-state index contributed by atoms with van der Waals surface area (Å²) in [6.07, 6.45) is 0.206. The summed E-state index contributed by atoms with van der Waals surface area (Å²) in [7, 11) is -3.26. The molecule has 0 saturated carbocycles. The third-order valence-electron chi connectivity index (χ3n) is 5.48. The quantitative estimate of drug-likeness (QED) is 0.700. The van der Waals surface area contributed by atoms with Crippen molar-refractivity contribution < 1.29 is 27.4 Å². The number of carbonyl (C=O) groups excluding carboxylic acids is 1. The molecule has 2 aliphatic heterocycles. The first-order valence-corrected chi connectivity index (χ1v) is 11.7. The monoisotopic (exact) mass is 431 g/mol. The molecule has 0 aromatic heterocycles. The van der Waals surface area contributed by atoms with E-state index >= 15 is 0 Å². The lowest BCUT2D eigenvalue weighted by Gasteiger charge is -2.33. The standard InChI is InChI=1S/C22H25NO6S/c1-16(29-18-7-8-20-21(13-18)28-15-27-20)22(24)23-11-9-19(10-12-23)30(25,26)14-17-5-3-2-4-6-17/h2-8,13,16,19H,9-12,14-15H2,1H3. The normalized spacial score (nSPS) is 17.6. The fourth-order valence-corrected chi connectivity index (χ4v) is 5.64. The molecule has 1 amide bonds. The molecule has 2 aliphatic rings. The minimum atomic E-state index is -3.26. The van der Waals surface area contributed by atoms with Gasteiger partial charge < -0.3 is 19.1 Å². The van der Waals surface area contributed by atoms with Gasteiger partial charge in [0.1, 0.15) is 5.75 Å². The highest BCUT2D eigenvalue weighted by Crippen LogP contribution is 2.35. The minimum Gasteiger partial charge on any atom is -0.481 e. The first-order valence-electron chi connectivity index (χ1n) is 10.0. The highest BCUT2D eigenvalue weighted by molar-refractivity contribution is 7.91. The molecular formula is C22H25NO6S. The summed E-state index contributed by atoms with van der Waals surface area (Å²) in [5.74, 6) is 1.67. The zero-order valence-electron chi connectivity index (χ0n) is 16.8. The molecule has 8 heteroatoms. The maximum absolute atomic E-state index is 12.8. The van der Waals surface area contributed by atoms with E-state index in [1.807, 2.05) is 30.3 Å². The van der Waals surface area contributed by atoms with Gasteiger partial charge in [-0.15, -0.1) is 0 Å². The van der Waals surface area contributed by atoms with E-state index in [4.69, 9.17) is 14.2 Å². The Hall–Kier alpha value is -2.74. The van der Waals surface area contributed by atoms with Crippen molar-refractivity contribution >= 4 is 15.7 Å². The van der Waals surface area contributed by atoms with Crippen LogP contribution in [0.1, 0.15) is 25.3 Å². The van der Waals surface area contributed by atoms with E-state index in [2.05, 4.69) is 0 Å². The molecule has 1 atom stereocenters. The molecule has 1 fully saturated rings. The molecule has 0 radical (unpaired) electrons. The van der Waals surface area contributed by atoms with Crippen LogP contribution in [0, 0.1) is 0 Å². The summed E-state index contributed by atoms with van der Waals surface area (Å²) in [6.45, 7) is 2.69. The molecule has 2 aromatic carbocycles. The lowest BCUT2D eigenvalue weighted by molar-refractivity contribution is -0.138. The van der Waals surface area contributed by atoms with Crippen molar-refractivity contribution in [1.29, 1.82) is 0 Å². The van der Waals surface area contributed by atoms with Crippen LogP contribution in [0.2, 0.25) is 0 Å². The van der Waals surface area contributed by atoms with Gasteiger partial charge in [0.2, 0.25) is 6.79 Å². The Labute approximate surface area is 176 Å². The lowest BCUT2D eigenvalue weighted by atomic mass is 10.1. The van der Waals surface area contributed by atoms with E-state index in [0.717, 1.165) is 5.56 Å². The van der Waals surface area contributed by atoms with Crippen molar-refractivity contribution in [3.63, 3.8) is 0 Å². The number of hydrogen-bond acceptors (Lipinski definition) is 6. The van der Waals surface area contributed by atoms with Crippen LogP contribution >= 0.6 is 0 Å². The summed E-state index contributed by atoms with van der Waals surface area (Å²) in [4.78, 5) is 14.5. The van der Waals surface area contributed by atoms with Gasteiger partial charge in [-0.05, 0) is 37.5 Å². The number of amides is 1. The Kier molecular flexibility index (Phi) is 5.85. The number of benzene rings is 2. The van der Waals surface area contributed by atoms with Crippen LogP contribution in [0.25, 0.3) is 0 Å². The van der Waals surface area contributed by atoms with Crippen LogP contribution in [0.15, 0.2) is 48.5 Å². The Morgan fingerprint density at radius 2 is 1.80 bits per heavy atom. The SMILES string of the molecule is CC(Oc1ccc2c(c1)OCO2)C(=O)N1CCC(S(=O)(=O)Cc2ccccc2)CC1. The van der Waals surface area contributed by atoms with Crippen molar-refractivity contribution in [1.82, 2.24) is 4.90 Å². The fraction of sp³-hybridized carbons (Fsp3) is 0.409. The summed E-state index contributed by atoms with van der Waals surface area (Å²) >= 11 is 0. The minimum absolute atomic E-state index is 0.0378. The van der Waals surface area contributed by atoms with Gasteiger partial charge in [-0.2, -0.15) is 0 Å². The number of rotatable bonds is 6. The second kappa shape index (κ2) is 8.55. The molecule has 4 rings (SSSR count). The van der Waals surface area contributed by atoms with E-state index in [0.29, 0.717) is 43.2 Å². The predicted octanol–water partition coefficient (Wildman–Crippen LogP) is 2.79. The largest absolute Gasteiger partial charge is 0.481 e. The lowest BCUT2D eigenvalue weighted by Crippen LogP contribution is -2.47. The smallest absolute Gasteiger partial charge is 0.263 e. The zero-order chi connectivity index (χ0) is 21.1. The predicted molar refractivity (Wildman–Crippen MR) is 111 cm³/mol. The van der Waals surface area contributed by atoms with Crippen LogP contribution < -0.4 is 14.2 Å². The van der Waals surface area contributed by atoms with Crippen molar-refractivity contribution in [2.45, 2.75) is 36.9 Å². The van der Waals surface area contributed by atoms with E-state index in [1.165, 1.54) is 0 Å². The van der Waals surface area contributed by atoms with Crippen LogP contribution in [-0.2, 0) is 20.4 Å². The Morgan fingerprint density at radius 1 is 1.10 bits per heavy atom. The molecule has 160 valence electrons. The average molecular weight is 432 g/mol. The average Bonchev–Trinajstić information content (AvgIpc) is 3.21. The number of ether oxygens (including phenoxy) is 3. The van der Waals surface area contributed by atoms with Gasteiger partial charge in [-0.1, -0.05) is 30.3 Å². The molecule has 2 heterocycles. The number of nitrogens with zero attached hydrogens (tertiary/aromatic N) is 1.